The average molecular weight is 152 g/mol. The third-order valence-corrected chi connectivity index (χ3v) is 4.47. The van der Waals surface area contributed by atoms with Gasteiger partial charge < -0.3 is 0 Å². The summed E-state index contributed by atoms with van der Waals surface area (Å²) in [5.41, 5.74) is 0.784. The van der Waals surface area contributed by atoms with Gasteiger partial charge in [0.1, 0.15) is 0 Å². The van der Waals surface area contributed by atoms with E-state index in [2.05, 4.69) is 13.8 Å². The molecule has 2 saturated carbocycles. The molecule has 0 amide bonds. The second-order valence-electron chi connectivity index (χ2n) is 4.71. The van der Waals surface area contributed by atoms with Crippen molar-refractivity contribution in [1.29, 1.82) is 0 Å². The molecule has 0 aromatic heterocycles. The van der Waals surface area contributed by atoms with Gasteiger partial charge in [0, 0.05) is 0 Å². The smallest absolute Gasteiger partial charge is 0.0297 e. The molecule has 0 heteroatoms. The van der Waals surface area contributed by atoms with Crippen LogP contribution in [0.1, 0.15) is 52.4 Å². The van der Waals surface area contributed by atoms with Gasteiger partial charge in [-0.2, -0.15) is 0 Å². The van der Waals surface area contributed by atoms with E-state index < -0.39 is 0 Å². The molecule has 11 heavy (non-hydrogen) atoms. The van der Waals surface area contributed by atoms with Gasteiger partial charge in [-0.1, -0.05) is 26.7 Å². The molecule has 2 atom stereocenters. The van der Waals surface area contributed by atoms with Crippen molar-refractivity contribution in [1.82, 2.24) is 0 Å². The summed E-state index contributed by atoms with van der Waals surface area (Å²) in [6.45, 7) is 4.77. The Morgan fingerprint density at radius 3 is 1.73 bits per heavy atom. The monoisotopic (exact) mass is 152 g/mol. The first-order valence-electron chi connectivity index (χ1n) is 5.29. The van der Waals surface area contributed by atoms with Gasteiger partial charge in [-0.15, -0.1) is 0 Å². The molecule has 0 saturated heterocycles. The predicted molar refractivity (Wildman–Crippen MR) is 48.5 cm³/mol. The van der Waals surface area contributed by atoms with Gasteiger partial charge in [-0.3, -0.25) is 0 Å². The average Bonchev–Trinajstić information content (AvgIpc) is 2.27. The van der Waals surface area contributed by atoms with E-state index >= 15 is 0 Å². The van der Waals surface area contributed by atoms with Crippen molar-refractivity contribution < 1.29 is 0 Å². The summed E-state index contributed by atoms with van der Waals surface area (Å²) in [4.78, 5) is 0. The molecular weight excluding hydrogens is 132 g/mol. The van der Waals surface area contributed by atoms with Gasteiger partial charge in [0.15, 0.2) is 0 Å². The van der Waals surface area contributed by atoms with Gasteiger partial charge in [0.05, 0.1) is 0 Å². The molecule has 0 N–H and O–H groups in total. The normalized spacial score (nSPS) is 39.8. The number of rotatable bonds is 2. The zero-order chi connectivity index (χ0) is 7.90. The van der Waals surface area contributed by atoms with Crippen molar-refractivity contribution in [3.8, 4) is 0 Å². The lowest BCUT2D eigenvalue weighted by molar-refractivity contribution is 0.219. The van der Waals surface area contributed by atoms with E-state index in [0.717, 1.165) is 17.3 Å². The lowest BCUT2D eigenvalue weighted by atomic mass is 9.77. The fourth-order valence-electron chi connectivity index (χ4n) is 3.20. The Balaban J connectivity index is 2.04. The van der Waals surface area contributed by atoms with Crippen LogP contribution in [0.3, 0.4) is 0 Å². The summed E-state index contributed by atoms with van der Waals surface area (Å²) in [6, 6.07) is 0. The van der Waals surface area contributed by atoms with Crippen molar-refractivity contribution in [3.63, 3.8) is 0 Å². The number of hydrogen-bond donors (Lipinski definition) is 0. The third-order valence-electron chi connectivity index (χ3n) is 4.47. The first-order chi connectivity index (χ1) is 5.29. The van der Waals surface area contributed by atoms with Crippen molar-refractivity contribution in [2.45, 2.75) is 52.4 Å². The first-order valence-corrected chi connectivity index (χ1v) is 5.29. The maximum Gasteiger partial charge on any atom is -0.0297 e. The van der Waals surface area contributed by atoms with Crippen LogP contribution in [-0.4, -0.2) is 0 Å². The molecule has 2 aliphatic rings. The highest BCUT2D eigenvalue weighted by Crippen LogP contribution is 2.57. The number of hydrogen-bond acceptors (Lipinski definition) is 0. The van der Waals surface area contributed by atoms with Crippen molar-refractivity contribution in [3.05, 3.63) is 0 Å². The molecule has 0 radical (unpaired) electrons. The summed E-state index contributed by atoms with van der Waals surface area (Å²) in [5, 5.41) is 0. The van der Waals surface area contributed by atoms with E-state index in [-0.39, 0.29) is 0 Å². The fourth-order valence-corrected chi connectivity index (χ4v) is 3.20. The van der Waals surface area contributed by atoms with Crippen molar-refractivity contribution >= 4 is 0 Å². The molecule has 64 valence electrons. The van der Waals surface area contributed by atoms with Crippen LogP contribution in [0.25, 0.3) is 0 Å². The Morgan fingerprint density at radius 1 is 1.00 bits per heavy atom. The topological polar surface area (TPSA) is 0 Å². The molecule has 0 aromatic rings. The van der Waals surface area contributed by atoms with Gasteiger partial charge in [-0.05, 0) is 42.9 Å². The highest BCUT2D eigenvalue weighted by molar-refractivity contribution is 4.97. The van der Waals surface area contributed by atoms with E-state index in [1.807, 2.05) is 0 Å². The van der Waals surface area contributed by atoms with Gasteiger partial charge in [0.2, 0.25) is 0 Å². The third kappa shape index (κ3) is 1.02. The lowest BCUT2D eigenvalue weighted by Crippen LogP contribution is -2.18. The van der Waals surface area contributed by atoms with Crippen LogP contribution in [0.15, 0.2) is 0 Å². The highest BCUT2D eigenvalue weighted by atomic mass is 14.5. The molecule has 0 spiro atoms. The highest BCUT2D eigenvalue weighted by Gasteiger charge is 2.46. The van der Waals surface area contributed by atoms with E-state index in [1.165, 1.54) is 12.8 Å². The summed E-state index contributed by atoms with van der Waals surface area (Å²) >= 11 is 0. The van der Waals surface area contributed by atoms with Gasteiger partial charge in [0.25, 0.3) is 0 Å². The SMILES string of the molecule is CCC1(CC)CC2CCC2C1. The molecule has 2 fully saturated rings. The van der Waals surface area contributed by atoms with Crippen molar-refractivity contribution in [2.75, 3.05) is 0 Å². The van der Waals surface area contributed by atoms with E-state index in [9.17, 15) is 0 Å². The second-order valence-corrected chi connectivity index (χ2v) is 4.71. The van der Waals surface area contributed by atoms with Crippen LogP contribution in [0.4, 0.5) is 0 Å². The lowest BCUT2D eigenvalue weighted by Gasteiger charge is -2.29. The van der Waals surface area contributed by atoms with E-state index in [4.69, 9.17) is 0 Å². The Hall–Kier alpha value is 0. The van der Waals surface area contributed by atoms with Crippen LogP contribution in [-0.2, 0) is 0 Å². The summed E-state index contributed by atoms with van der Waals surface area (Å²) in [7, 11) is 0. The summed E-state index contributed by atoms with van der Waals surface area (Å²) in [5.74, 6) is 2.30. The van der Waals surface area contributed by atoms with E-state index in [1.54, 1.807) is 25.7 Å². The molecular formula is C11H20. The van der Waals surface area contributed by atoms with Crippen LogP contribution >= 0.6 is 0 Å². The second kappa shape index (κ2) is 2.50. The molecule has 0 aliphatic heterocycles. The molecule has 2 unspecified atom stereocenters. The minimum absolute atomic E-state index is 0.784. The zero-order valence-corrected chi connectivity index (χ0v) is 7.90. The standard InChI is InChI=1S/C11H20/c1-3-11(4-2)7-9-5-6-10(9)8-11/h9-10H,3-8H2,1-2H3. The van der Waals surface area contributed by atoms with Gasteiger partial charge >= 0.3 is 0 Å². The quantitative estimate of drug-likeness (QED) is 0.567. The Bertz CT molecular complexity index is 130. The minimum Gasteiger partial charge on any atom is -0.0649 e. The Kier molecular flexibility index (Phi) is 1.74. The van der Waals surface area contributed by atoms with E-state index in [0.29, 0.717) is 0 Å². The number of fused-ring (bicyclic) bond motifs is 1. The molecule has 0 nitrogen and oxygen atoms in total. The maximum atomic E-state index is 2.38. The zero-order valence-electron chi connectivity index (χ0n) is 7.90. The molecule has 2 rings (SSSR count). The minimum atomic E-state index is 0.784. The Labute approximate surface area is 70.4 Å². The summed E-state index contributed by atoms with van der Waals surface area (Å²) < 4.78 is 0. The molecule has 0 aromatic carbocycles. The maximum absolute atomic E-state index is 2.38. The molecule has 0 bridgehead atoms. The fraction of sp³-hybridized carbons (Fsp3) is 1.00. The van der Waals surface area contributed by atoms with Crippen molar-refractivity contribution in [2.24, 2.45) is 17.3 Å². The van der Waals surface area contributed by atoms with Crippen LogP contribution in [0, 0.1) is 17.3 Å². The van der Waals surface area contributed by atoms with Crippen LogP contribution < -0.4 is 0 Å². The molecule has 0 heterocycles. The first kappa shape index (κ1) is 7.64. The Morgan fingerprint density at radius 2 is 1.45 bits per heavy atom. The van der Waals surface area contributed by atoms with Gasteiger partial charge in [-0.25, -0.2) is 0 Å². The predicted octanol–water partition coefficient (Wildman–Crippen LogP) is 3.61. The van der Waals surface area contributed by atoms with Crippen LogP contribution in [0.2, 0.25) is 0 Å². The largest absolute Gasteiger partial charge is 0.0649 e. The summed E-state index contributed by atoms with van der Waals surface area (Å²) in [6.07, 6.45) is 9.07. The molecule has 2 aliphatic carbocycles. The van der Waals surface area contributed by atoms with Crippen LogP contribution in [0.5, 0.6) is 0 Å².